The van der Waals surface area contributed by atoms with Crippen LogP contribution in [0.25, 0.3) is 0 Å². The fourth-order valence-electron chi connectivity index (χ4n) is 2.63. The highest BCUT2D eigenvalue weighted by molar-refractivity contribution is 7.47. The molecule has 0 aromatic rings. The van der Waals surface area contributed by atoms with Gasteiger partial charge in [0.1, 0.15) is 13.2 Å². The van der Waals surface area contributed by atoms with E-state index in [1.54, 1.807) is 0 Å². The molecule has 0 rings (SSSR count). The van der Waals surface area contributed by atoms with Crippen molar-refractivity contribution < 1.29 is 23.0 Å². The molecule has 0 aromatic carbocycles. The Morgan fingerprint density at radius 2 is 1.26 bits per heavy atom. The third-order valence-electron chi connectivity index (χ3n) is 4.43. The van der Waals surface area contributed by atoms with Crippen molar-refractivity contribution in [3.63, 3.8) is 0 Å². The Hall–Kier alpha value is -0.190. The topological polar surface area (TPSA) is 55.8 Å². The fraction of sp³-hybridized carbons (Fsp3) is 0.905. The lowest BCUT2D eigenvalue weighted by atomic mass is 10.1. The summed E-state index contributed by atoms with van der Waals surface area (Å²) in [6.45, 7) is 3.42. The Morgan fingerprint density at radius 3 is 1.81 bits per heavy atom. The summed E-state index contributed by atoms with van der Waals surface area (Å²) in [6, 6.07) is 0. The predicted octanol–water partition coefficient (Wildman–Crippen LogP) is 6.08. The zero-order valence-corrected chi connectivity index (χ0v) is 19.2. The van der Waals surface area contributed by atoms with Crippen LogP contribution in [0.5, 0.6) is 0 Å². The Morgan fingerprint density at radius 1 is 0.778 bits per heavy atom. The van der Waals surface area contributed by atoms with Gasteiger partial charge in [-0.2, -0.15) is 0 Å². The summed E-state index contributed by atoms with van der Waals surface area (Å²) < 4.78 is 22.4. The summed E-state index contributed by atoms with van der Waals surface area (Å²) in [6.07, 6.45) is 19.2. The zero-order chi connectivity index (χ0) is 20.4. The number of allylic oxidation sites excluding steroid dienone is 2. The van der Waals surface area contributed by atoms with E-state index < -0.39 is 7.82 Å². The molecule has 0 aromatic heterocycles. The first kappa shape index (κ1) is 26.8. The molecule has 1 unspecified atom stereocenters. The molecule has 162 valence electrons. The number of rotatable bonds is 19. The zero-order valence-electron chi connectivity index (χ0n) is 18.3. The Bertz CT molecular complexity index is 407. The van der Waals surface area contributed by atoms with Crippen LogP contribution >= 0.6 is 7.82 Å². The number of phosphoric acid groups is 1. The van der Waals surface area contributed by atoms with Gasteiger partial charge in [-0.05, 0) is 25.7 Å². The minimum absolute atomic E-state index is 0.228. The standard InChI is InChI=1S/C21H44NO4P/c1-5-6-7-8-9-10-11-12-13-14-15-16-17-18-20-25-27(23,24)26-21-19-22(2,3)4/h8-9H,5-7,10-21H2,1-4H3/p+1/b9-8-. The molecule has 0 amide bonds. The number of quaternary nitrogens is 1. The van der Waals surface area contributed by atoms with Gasteiger partial charge < -0.3 is 9.38 Å². The molecule has 0 spiro atoms. The van der Waals surface area contributed by atoms with Crippen LogP contribution in [0.15, 0.2) is 12.2 Å². The largest absolute Gasteiger partial charge is 0.472 e. The maximum Gasteiger partial charge on any atom is 0.472 e. The van der Waals surface area contributed by atoms with Crippen LogP contribution in [0.3, 0.4) is 0 Å². The van der Waals surface area contributed by atoms with E-state index in [0.29, 0.717) is 17.6 Å². The minimum Gasteiger partial charge on any atom is -0.329 e. The summed E-state index contributed by atoms with van der Waals surface area (Å²) in [5.74, 6) is 0. The maximum absolute atomic E-state index is 11.7. The number of phosphoric ester groups is 1. The van der Waals surface area contributed by atoms with Crippen molar-refractivity contribution in [1.29, 1.82) is 0 Å². The second-order valence-corrected chi connectivity index (χ2v) is 9.83. The van der Waals surface area contributed by atoms with Crippen LogP contribution < -0.4 is 0 Å². The molecule has 0 aliphatic heterocycles. The average Bonchev–Trinajstić information content (AvgIpc) is 2.57. The Balaban J connectivity index is 3.37. The van der Waals surface area contributed by atoms with Crippen molar-refractivity contribution >= 4 is 7.82 Å². The predicted molar refractivity (Wildman–Crippen MR) is 115 cm³/mol. The van der Waals surface area contributed by atoms with Crippen LogP contribution in [0.4, 0.5) is 0 Å². The van der Waals surface area contributed by atoms with Gasteiger partial charge in [-0.1, -0.05) is 70.4 Å². The molecule has 0 aliphatic rings. The number of hydrogen-bond acceptors (Lipinski definition) is 3. The summed E-state index contributed by atoms with van der Waals surface area (Å²) >= 11 is 0. The quantitative estimate of drug-likeness (QED) is 0.122. The highest BCUT2D eigenvalue weighted by atomic mass is 31.2. The van der Waals surface area contributed by atoms with Crippen LogP contribution in [0.2, 0.25) is 0 Å². The highest BCUT2D eigenvalue weighted by Gasteiger charge is 2.21. The van der Waals surface area contributed by atoms with Crippen molar-refractivity contribution in [2.24, 2.45) is 0 Å². The molecular weight excluding hydrogens is 361 g/mol. The van der Waals surface area contributed by atoms with Crippen LogP contribution in [-0.4, -0.2) is 50.3 Å². The number of unbranched alkanes of at least 4 members (excludes halogenated alkanes) is 10. The molecule has 0 radical (unpaired) electrons. The van der Waals surface area contributed by atoms with Gasteiger partial charge in [0, 0.05) is 0 Å². The second kappa shape index (κ2) is 16.7. The summed E-state index contributed by atoms with van der Waals surface area (Å²) in [4.78, 5) is 9.61. The molecule has 27 heavy (non-hydrogen) atoms. The van der Waals surface area contributed by atoms with E-state index in [0.717, 1.165) is 12.8 Å². The lowest BCUT2D eigenvalue weighted by Gasteiger charge is -2.24. The van der Waals surface area contributed by atoms with Gasteiger partial charge in [-0.3, -0.25) is 9.05 Å². The first-order valence-corrected chi connectivity index (χ1v) is 12.3. The fourth-order valence-corrected chi connectivity index (χ4v) is 3.38. The first-order chi connectivity index (χ1) is 12.8. The Labute approximate surface area is 168 Å². The van der Waals surface area contributed by atoms with Gasteiger partial charge in [0.25, 0.3) is 0 Å². The second-order valence-electron chi connectivity index (χ2n) is 8.38. The molecule has 6 heteroatoms. The monoisotopic (exact) mass is 406 g/mol. The third kappa shape index (κ3) is 22.0. The van der Waals surface area contributed by atoms with E-state index in [9.17, 15) is 9.46 Å². The van der Waals surface area contributed by atoms with Gasteiger partial charge in [0.2, 0.25) is 0 Å². The smallest absolute Gasteiger partial charge is 0.329 e. The maximum atomic E-state index is 11.7. The van der Waals surface area contributed by atoms with Crippen molar-refractivity contribution in [2.45, 2.75) is 84.0 Å². The first-order valence-electron chi connectivity index (χ1n) is 10.8. The molecule has 0 heterocycles. The SMILES string of the molecule is CCCC/C=C\CCCCCCCCCCOP(=O)(O)OCC[N+](C)(C)C. The number of hydrogen-bond donors (Lipinski definition) is 1. The van der Waals surface area contributed by atoms with E-state index in [2.05, 4.69) is 19.1 Å². The van der Waals surface area contributed by atoms with E-state index >= 15 is 0 Å². The van der Waals surface area contributed by atoms with E-state index in [1.807, 2.05) is 21.1 Å². The summed E-state index contributed by atoms with van der Waals surface area (Å²) in [5.41, 5.74) is 0. The lowest BCUT2D eigenvalue weighted by molar-refractivity contribution is -0.870. The highest BCUT2D eigenvalue weighted by Crippen LogP contribution is 2.43. The van der Waals surface area contributed by atoms with Crippen LogP contribution in [0, 0.1) is 0 Å². The van der Waals surface area contributed by atoms with Crippen LogP contribution in [0.1, 0.15) is 84.0 Å². The molecule has 1 atom stereocenters. The van der Waals surface area contributed by atoms with E-state index in [-0.39, 0.29) is 6.61 Å². The summed E-state index contributed by atoms with van der Waals surface area (Å²) in [5, 5.41) is 0. The third-order valence-corrected chi connectivity index (χ3v) is 5.44. The van der Waals surface area contributed by atoms with Gasteiger partial charge in [0.15, 0.2) is 0 Å². The van der Waals surface area contributed by atoms with Crippen molar-refractivity contribution in [3.05, 3.63) is 12.2 Å². The number of nitrogens with zero attached hydrogens (tertiary/aromatic N) is 1. The van der Waals surface area contributed by atoms with Gasteiger partial charge in [-0.25, -0.2) is 4.57 Å². The van der Waals surface area contributed by atoms with Gasteiger partial charge in [0.05, 0.1) is 27.7 Å². The summed E-state index contributed by atoms with van der Waals surface area (Å²) in [7, 11) is 2.16. The van der Waals surface area contributed by atoms with Gasteiger partial charge >= 0.3 is 7.82 Å². The molecule has 0 saturated carbocycles. The Kier molecular flexibility index (Phi) is 16.6. The van der Waals surface area contributed by atoms with Crippen molar-refractivity contribution in [3.8, 4) is 0 Å². The normalized spacial score (nSPS) is 14.7. The average molecular weight is 407 g/mol. The molecular formula is C21H45NO4P+. The molecule has 0 bridgehead atoms. The molecule has 0 saturated heterocycles. The molecule has 5 nitrogen and oxygen atoms in total. The van der Waals surface area contributed by atoms with Crippen molar-refractivity contribution in [1.82, 2.24) is 0 Å². The van der Waals surface area contributed by atoms with E-state index in [1.165, 1.54) is 64.2 Å². The van der Waals surface area contributed by atoms with Crippen LogP contribution in [-0.2, 0) is 13.6 Å². The number of likely N-dealkylation sites (N-methyl/N-ethyl adjacent to an activating group) is 1. The molecule has 0 aliphatic carbocycles. The minimum atomic E-state index is -3.88. The lowest BCUT2D eigenvalue weighted by Crippen LogP contribution is -2.37. The van der Waals surface area contributed by atoms with E-state index in [4.69, 9.17) is 9.05 Å². The molecule has 0 fully saturated rings. The van der Waals surface area contributed by atoms with Gasteiger partial charge in [-0.15, -0.1) is 0 Å². The molecule has 1 N–H and O–H groups in total. The van der Waals surface area contributed by atoms with Crippen molar-refractivity contribution in [2.75, 3.05) is 40.9 Å².